The number of hydrogen-bond donors (Lipinski definition) is 0. The summed E-state index contributed by atoms with van der Waals surface area (Å²) in [7, 11) is 0. The first-order chi connectivity index (χ1) is 6.29. The Labute approximate surface area is 80.0 Å². The summed E-state index contributed by atoms with van der Waals surface area (Å²) in [6, 6.07) is 0. The Morgan fingerprint density at radius 2 is 2.00 bits per heavy atom. The highest BCUT2D eigenvalue weighted by atomic mass is 16.5. The summed E-state index contributed by atoms with van der Waals surface area (Å²) < 4.78 is 5.45. The van der Waals surface area contributed by atoms with Gasteiger partial charge in [0.2, 0.25) is 0 Å². The van der Waals surface area contributed by atoms with E-state index in [-0.39, 0.29) is 0 Å². The molecular formula is C11H17NO. The molecule has 0 radical (unpaired) electrons. The highest BCUT2D eigenvalue weighted by Crippen LogP contribution is 2.29. The highest BCUT2D eigenvalue weighted by Gasteiger charge is 2.16. The van der Waals surface area contributed by atoms with E-state index in [1.165, 1.54) is 11.1 Å². The molecule has 1 aliphatic heterocycles. The van der Waals surface area contributed by atoms with Gasteiger partial charge in [-0.1, -0.05) is 13.8 Å². The van der Waals surface area contributed by atoms with E-state index in [0.29, 0.717) is 0 Å². The zero-order valence-electron chi connectivity index (χ0n) is 8.85. The molecule has 0 saturated carbocycles. The van der Waals surface area contributed by atoms with Crippen LogP contribution in [0.1, 0.15) is 30.7 Å². The van der Waals surface area contributed by atoms with E-state index in [1.54, 1.807) is 0 Å². The second-order valence-electron chi connectivity index (χ2n) is 2.93. The Hall–Kier alpha value is -1.05. The van der Waals surface area contributed by atoms with Crippen LogP contribution in [0.4, 0.5) is 0 Å². The molecule has 1 aromatic heterocycles. The molecule has 0 bridgehead atoms. The molecule has 0 fully saturated rings. The molecule has 13 heavy (non-hydrogen) atoms. The molecule has 0 saturated heterocycles. The second kappa shape index (κ2) is 4.26. The van der Waals surface area contributed by atoms with Crippen molar-refractivity contribution in [1.29, 1.82) is 0 Å². The molecule has 2 heteroatoms. The average Bonchev–Trinajstić information content (AvgIpc) is 2.64. The van der Waals surface area contributed by atoms with Gasteiger partial charge >= 0.3 is 0 Å². The SMILES string of the molecule is CC.Cc1cnc(C)c2c1CCO2. The molecule has 2 nitrogen and oxygen atoms in total. The maximum Gasteiger partial charge on any atom is 0.144 e. The fourth-order valence-electron chi connectivity index (χ4n) is 1.49. The van der Waals surface area contributed by atoms with Gasteiger partial charge in [-0.05, 0) is 19.4 Å². The lowest BCUT2D eigenvalue weighted by Crippen LogP contribution is -1.90. The summed E-state index contributed by atoms with van der Waals surface area (Å²) >= 11 is 0. The molecule has 0 aromatic carbocycles. The van der Waals surface area contributed by atoms with Crippen LogP contribution in [0.15, 0.2) is 6.20 Å². The molecular weight excluding hydrogens is 162 g/mol. The Morgan fingerprint density at radius 3 is 2.62 bits per heavy atom. The molecule has 0 N–H and O–H groups in total. The maximum absolute atomic E-state index is 5.45. The number of hydrogen-bond acceptors (Lipinski definition) is 2. The minimum atomic E-state index is 0.822. The van der Waals surface area contributed by atoms with Crippen molar-refractivity contribution in [1.82, 2.24) is 4.98 Å². The van der Waals surface area contributed by atoms with Crippen LogP contribution in [-0.4, -0.2) is 11.6 Å². The number of aryl methyl sites for hydroxylation is 2. The van der Waals surface area contributed by atoms with Crippen LogP contribution >= 0.6 is 0 Å². The van der Waals surface area contributed by atoms with Crippen molar-refractivity contribution in [2.45, 2.75) is 34.1 Å². The van der Waals surface area contributed by atoms with Gasteiger partial charge in [-0.25, -0.2) is 0 Å². The Morgan fingerprint density at radius 1 is 1.31 bits per heavy atom. The summed E-state index contributed by atoms with van der Waals surface area (Å²) in [5.41, 5.74) is 3.61. The predicted molar refractivity (Wildman–Crippen MR) is 54.3 cm³/mol. The first-order valence-electron chi connectivity index (χ1n) is 4.87. The van der Waals surface area contributed by atoms with Gasteiger partial charge < -0.3 is 4.74 Å². The van der Waals surface area contributed by atoms with Crippen LogP contribution in [0.3, 0.4) is 0 Å². The number of rotatable bonds is 0. The minimum Gasteiger partial charge on any atom is -0.491 e. The van der Waals surface area contributed by atoms with Crippen molar-refractivity contribution in [3.63, 3.8) is 0 Å². The number of nitrogens with zero attached hydrogens (tertiary/aromatic N) is 1. The van der Waals surface area contributed by atoms with Crippen molar-refractivity contribution in [2.75, 3.05) is 6.61 Å². The fraction of sp³-hybridized carbons (Fsp3) is 0.545. The van der Waals surface area contributed by atoms with E-state index in [1.807, 2.05) is 27.0 Å². The van der Waals surface area contributed by atoms with Gasteiger partial charge in [0, 0.05) is 18.2 Å². The van der Waals surface area contributed by atoms with Crippen LogP contribution < -0.4 is 4.74 Å². The van der Waals surface area contributed by atoms with Crippen molar-refractivity contribution in [3.05, 3.63) is 23.0 Å². The summed E-state index contributed by atoms with van der Waals surface area (Å²) in [6.07, 6.45) is 2.97. The Balaban J connectivity index is 0.000000396. The zero-order chi connectivity index (χ0) is 9.84. The third-order valence-electron chi connectivity index (χ3n) is 2.13. The number of pyridine rings is 1. The third-order valence-corrected chi connectivity index (χ3v) is 2.13. The Bertz CT molecular complexity index is 265. The first kappa shape index (κ1) is 10.0. The van der Waals surface area contributed by atoms with Crippen LogP contribution in [0, 0.1) is 13.8 Å². The van der Waals surface area contributed by atoms with Crippen molar-refractivity contribution < 1.29 is 4.74 Å². The minimum absolute atomic E-state index is 0.822. The molecule has 1 aromatic rings. The normalized spacial score (nSPS) is 12.6. The lowest BCUT2D eigenvalue weighted by Gasteiger charge is -2.03. The van der Waals surface area contributed by atoms with Gasteiger partial charge in [0.1, 0.15) is 5.75 Å². The molecule has 2 heterocycles. The van der Waals surface area contributed by atoms with E-state index >= 15 is 0 Å². The summed E-state index contributed by atoms with van der Waals surface area (Å²) in [6.45, 7) is 8.90. The second-order valence-corrected chi connectivity index (χ2v) is 2.93. The number of aromatic nitrogens is 1. The van der Waals surface area contributed by atoms with Gasteiger partial charge in [0.25, 0.3) is 0 Å². The zero-order valence-corrected chi connectivity index (χ0v) is 8.85. The standard InChI is InChI=1S/C9H11NO.C2H6/c1-6-5-10-7(2)9-8(6)3-4-11-9;1-2/h5H,3-4H2,1-2H3;1-2H3. The molecule has 1 aliphatic rings. The fourth-order valence-corrected chi connectivity index (χ4v) is 1.49. The van der Waals surface area contributed by atoms with E-state index in [9.17, 15) is 0 Å². The monoisotopic (exact) mass is 179 g/mol. The van der Waals surface area contributed by atoms with E-state index in [0.717, 1.165) is 24.5 Å². The van der Waals surface area contributed by atoms with Gasteiger partial charge in [-0.3, -0.25) is 4.98 Å². The van der Waals surface area contributed by atoms with Crippen molar-refractivity contribution >= 4 is 0 Å². The summed E-state index contributed by atoms with van der Waals surface area (Å²) in [5, 5.41) is 0. The van der Waals surface area contributed by atoms with Gasteiger partial charge in [-0.15, -0.1) is 0 Å². The largest absolute Gasteiger partial charge is 0.491 e. The molecule has 0 atom stereocenters. The molecule has 0 amide bonds. The quantitative estimate of drug-likeness (QED) is 0.611. The molecule has 0 aliphatic carbocycles. The first-order valence-corrected chi connectivity index (χ1v) is 4.87. The van der Waals surface area contributed by atoms with Crippen molar-refractivity contribution in [3.8, 4) is 5.75 Å². The summed E-state index contributed by atoms with van der Waals surface area (Å²) in [5.74, 6) is 1.02. The maximum atomic E-state index is 5.45. The smallest absolute Gasteiger partial charge is 0.144 e. The lowest BCUT2D eigenvalue weighted by atomic mass is 10.1. The van der Waals surface area contributed by atoms with E-state index in [4.69, 9.17) is 4.74 Å². The Kier molecular flexibility index (Phi) is 3.29. The van der Waals surface area contributed by atoms with Crippen LogP contribution in [0.25, 0.3) is 0 Å². The summed E-state index contributed by atoms with van der Waals surface area (Å²) in [4.78, 5) is 4.23. The van der Waals surface area contributed by atoms with Crippen LogP contribution in [-0.2, 0) is 6.42 Å². The topological polar surface area (TPSA) is 22.1 Å². The third kappa shape index (κ3) is 1.82. The van der Waals surface area contributed by atoms with Gasteiger partial charge in [0.05, 0.1) is 12.3 Å². The predicted octanol–water partition coefficient (Wildman–Crippen LogP) is 2.66. The van der Waals surface area contributed by atoms with Crippen LogP contribution in [0.2, 0.25) is 0 Å². The molecule has 0 unspecified atom stereocenters. The number of fused-ring (bicyclic) bond motifs is 1. The van der Waals surface area contributed by atoms with Gasteiger partial charge in [0.15, 0.2) is 0 Å². The molecule has 0 spiro atoms. The van der Waals surface area contributed by atoms with Crippen LogP contribution in [0.5, 0.6) is 5.75 Å². The lowest BCUT2D eigenvalue weighted by molar-refractivity contribution is 0.353. The average molecular weight is 179 g/mol. The highest BCUT2D eigenvalue weighted by molar-refractivity contribution is 5.43. The molecule has 72 valence electrons. The number of ether oxygens (including phenoxy) is 1. The van der Waals surface area contributed by atoms with Gasteiger partial charge in [-0.2, -0.15) is 0 Å². The van der Waals surface area contributed by atoms with E-state index in [2.05, 4.69) is 11.9 Å². The van der Waals surface area contributed by atoms with Crippen molar-refractivity contribution in [2.24, 2.45) is 0 Å². The van der Waals surface area contributed by atoms with E-state index < -0.39 is 0 Å². The molecule has 2 rings (SSSR count).